The van der Waals surface area contributed by atoms with Crippen molar-refractivity contribution in [3.8, 4) is 0 Å². The first-order valence-corrected chi connectivity index (χ1v) is 7.93. The first-order chi connectivity index (χ1) is 12.1. The van der Waals surface area contributed by atoms with Gasteiger partial charge in [0.2, 0.25) is 5.95 Å². The number of anilines is 3. The normalized spacial score (nSPS) is 14.9. The highest BCUT2D eigenvalue weighted by Crippen LogP contribution is 2.24. The van der Waals surface area contributed by atoms with E-state index >= 15 is 0 Å². The van der Waals surface area contributed by atoms with Gasteiger partial charge in [0.1, 0.15) is 5.82 Å². The molecule has 25 heavy (non-hydrogen) atoms. The number of nitrogen functional groups attached to an aromatic ring is 1. The number of nitrogens with zero attached hydrogens (tertiary/aromatic N) is 6. The minimum Gasteiger partial charge on any atom is -0.477 e. The average Bonchev–Trinajstić information content (AvgIpc) is 3.02. The van der Waals surface area contributed by atoms with Gasteiger partial charge in [-0.3, -0.25) is 0 Å². The van der Waals surface area contributed by atoms with Crippen LogP contribution in [-0.4, -0.2) is 56.8 Å². The number of carbonyl (C=O) groups is 1. The minimum absolute atomic E-state index is 0.0371. The number of aromatic carboxylic acids is 1. The Bertz CT molecular complexity index is 917. The van der Waals surface area contributed by atoms with Crippen molar-refractivity contribution in [2.75, 3.05) is 41.7 Å². The quantitative estimate of drug-likeness (QED) is 0.718. The summed E-state index contributed by atoms with van der Waals surface area (Å²) < 4.78 is 1.29. The summed E-state index contributed by atoms with van der Waals surface area (Å²) in [5.41, 5.74) is 7.01. The molecular formula is C16H17N7O2. The Morgan fingerprint density at radius 3 is 2.52 bits per heavy atom. The number of hydrogen-bond donors (Lipinski definition) is 2. The molecule has 1 aliphatic rings. The molecule has 0 spiro atoms. The third kappa shape index (κ3) is 2.69. The molecule has 0 atom stereocenters. The van der Waals surface area contributed by atoms with Gasteiger partial charge in [0.25, 0.3) is 0 Å². The van der Waals surface area contributed by atoms with Crippen molar-refractivity contribution in [1.82, 2.24) is 19.6 Å². The number of carboxylic acid groups (broad SMARTS) is 1. The number of carboxylic acids is 1. The Labute approximate surface area is 143 Å². The Morgan fingerprint density at radius 1 is 1.08 bits per heavy atom. The van der Waals surface area contributed by atoms with Gasteiger partial charge >= 0.3 is 5.97 Å². The highest BCUT2D eigenvalue weighted by Gasteiger charge is 2.23. The molecule has 3 aromatic heterocycles. The van der Waals surface area contributed by atoms with Crippen LogP contribution in [-0.2, 0) is 0 Å². The van der Waals surface area contributed by atoms with Gasteiger partial charge in [-0.2, -0.15) is 4.98 Å². The standard InChI is InChI=1S/C16H17N7O2/c17-16-19-14-11(4-5-12(15(24)25)23(14)20-16)21-7-9-22(10-8-21)13-3-1-2-6-18-13/h1-6H,7-10H2,(H2,17,20)(H,24,25). The molecule has 128 valence electrons. The third-order valence-corrected chi connectivity index (χ3v) is 4.29. The van der Waals surface area contributed by atoms with E-state index in [2.05, 4.69) is 24.9 Å². The van der Waals surface area contributed by atoms with Crippen molar-refractivity contribution in [3.63, 3.8) is 0 Å². The second-order valence-electron chi connectivity index (χ2n) is 5.78. The lowest BCUT2D eigenvalue weighted by Gasteiger charge is -2.36. The van der Waals surface area contributed by atoms with E-state index in [1.807, 2.05) is 18.2 Å². The summed E-state index contributed by atoms with van der Waals surface area (Å²) >= 11 is 0. The van der Waals surface area contributed by atoms with Crippen molar-refractivity contribution < 1.29 is 9.90 Å². The van der Waals surface area contributed by atoms with Gasteiger partial charge < -0.3 is 20.6 Å². The second kappa shape index (κ2) is 5.93. The van der Waals surface area contributed by atoms with Crippen molar-refractivity contribution in [2.45, 2.75) is 0 Å². The fourth-order valence-electron chi connectivity index (χ4n) is 3.09. The molecule has 0 radical (unpaired) electrons. The van der Waals surface area contributed by atoms with Crippen LogP contribution in [0.15, 0.2) is 36.5 Å². The maximum absolute atomic E-state index is 11.4. The molecule has 3 aromatic rings. The van der Waals surface area contributed by atoms with Crippen LogP contribution in [0.2, 0.25) is 0 Å². The fourth-order valence-corrected chi connectivity index (χ4v) is 3.09. The predicted octanol–water partition coefficient (Wildman–Crippen LogP) is 0.731. The van der Waals surface area contributed by atoms with Crippen molar-refractivity contribution in [3.05, 3.63) is 42.2 Å². The summed E-state index contributed by atoms with van der Waals surface area (Å²) in [6.45, 7) is 3.16. The van der Waals surface area contributed by atoms with E-state index in [0.717, 1.165) is 37.7 Å². The number of hydrogen-bond acceptors (Lipinski definition) is 7. The van der Waals surface area contributed by atoms with E-state index in [-0.39, 0.29) is 11.6 Å². The number of pyridine rings is 2. The largest absolute Gasteiger partial charge is 0.477 e. The molecule has 0 aromatic carbocycles. The second-order valence-corrected chi connectivity index (χ2v) is 5.78. The lowest BCUT2D eigenvalue weighted by molar-refractivity contribution is 0.0687. The molecule has 4 rings (SSSR count). The Hall–Kier alpha value is -3.36. The van der Waals surface area contributed by atoms with Gasteiger partial charge in [-0.05, 0) is 24.3 Å². The van der Waals surface area contributed by atoms with Gasteiger partial charge in [0.15, 0.2) is 11.3 Å². The van der Waals surface area contributed by atoms with Crippen LogP contribution in [0.4, 0.5) is 17.5 Å². The lowest BCUT2D eigenvalue weighted by Crippen LogP contribution is -2.47. The first kappa shape index (κ1) is 15.2. The van der Waals surface area contributed by atoms with Crippen molar-refractivity contribution in [2.24, 2.45) is 0 Å². The molecule has 0 saturated carbocycles. The zero-order chi connectivity index (χ0) is 17.4. The molecule has 0 bridgehead atoms. The summed E-state index contributed by atoms with van der Waals surface area (Å²) in [5, 5.41) is 13.3. The summed E-state index contributed by atoms with van der Waals surface area (Å²) in [6.07, 6.45) is 1.79. The van der Waals surface area contributed by atoms with E-state index in [1.165, 1.54) is 10.6 Å². The zero-order valence-corrected chi connectivity index (χ0v) is 13.4. The molecule has 0 amide bonds. The molecule has 4 heterocycles. The summed E-state index contributed by atoms with van der Waals surface area (Å²) in [7, 11) is 0. The Morgan fingerprint density at radius 2 is 1.84 bits per heavy atom. The molecule has 1 fully saturated rings. The lowest BCUT2D eigenvalue weighted by atomic mass is 10.2. The Balaban J connectivity index is 1.61. The van der Waals surface area contributed by atoms with Crippen LogP contribution in [0.5, 0.6) is 0 Å². The van der Waals surface area contributed by atoms with Crippen LogP contribution in [0, 0.1) is 0 Å². The van der Waals surface area contributed by atoms with Crippen LogP contribution >= 0.6 is 0 Å². The van der Waals surface area contributed by atoms with Crippen molar-refractivity contribution >= 4 is 29.1 Å². The van der Waals surface area contributed by atoms with Crippen LogP contribution in [0.25, 0.3) is 5.65 Å². The number of rotatable bonds is 3. The van der Waals surface area contributed by atoms with Crippen LogP contribution in [0.3, 0.4) is 0 Å². The third-order valence-electron chi connectivity index (χ3n) is 4.29. The number of aromatic nitrogens is 4. The highest BCUT2D eigenvalue weighted by atomic mass is 16.4. The van der Waals surface area contributed by atoms with E-state index in [4.69, 9.17) is 5.73 Å². The van der Waals surface area contributed by atoms with Gasteiger partial charge in [-0.1, -0.05) is 6.07 Å². The molecule has 9 nitrogen and oxygen atoms in total. The molecule has 3 N–H and O–H groups in total. The van der Waals surface area contributed by atoms with Crippen LogP contribution in [0.1, 0.15) is 10.5 Å². The molecule has 0 aliphatic carbocycles. The number of fused-ring (bicyclic) bond motifs is 1. The maximum atomic E-state index is 11.4. The van der Waals surface area contributed by atoms with E-state index < -0.39 is 5.97 Å². The monoisotopic (exact) mass is 339 g/mol. The smallest absolute Gasteiger partial charge is 0.354 e. The molecular weight excluding hydrogens is 322 g/mol. The number of piperazine rings is 1. The zero-order valence-electron chi connectivity index (χ0n) is 13.4. The van der Waals surface area contributed by atoms with E-state index in [1.54, 1.807) is 12.3 Å². The maximum Gasteiger partial charge on any atom is 0.354 e. The van der Waals surface area contributed by atoms with Gasteiger partial charge in [-0.15, -0.1) is 5.10 Å². The van der Waals surface area contributed by atoms with Gasteiger partial charge in [0, 0.05) is 32.4 Å². The summed E-state index contributed by atoms with van der Waals surface area (Å²) in [6, 6.07) is 9.17. The van der Waals surface area contributed by atoms with Gasteiger partial charge in [0.05, 0.1) is 5.69 Å². The number of nitrogens with two attached hydrogens (primary N) is 1. The highest BCUT2D eigenvalue weighted by molar-refractivity contribution is 5.88. The Kier molecular flexibility index (Phi) is 3.60. The van der Waals surface area contributed by atoms with E-state index in [0.29, 0.717) is 5.65 Å². The predicted molar refractivity (Wildman–Crippen MR) is 93.0 cm³/mol. The average molecular weight is 339 g/mol. The first-order valence-electron chi connectivity index (χ1n) is 7.93. The van der Waals surface area contributed by atoms with Crippen LogP contribution < -0.4 is 15.5 Å². The SMILES string of the molecule is Nc1nc2c(N3CCN(c4ccccn4)CC3)ccc(C(=O)O)n2n1. The summed E-state index contributed by atoms with van der Waals surface area (Å²) in [5.74, 6) is -0.0521. The van der Waals surface area contributed by atoms with Crippen molar-refractivity contribution in [1.29, 1.82) is 0 Å². The van der Waals surface area contributed by atoms with E-state index in [9.17, 15) is 9.90 Å². The molecule has 1 saturated heterocycles. The fraction of sp³-hybridized carbons (Fsp3) is 0.250. The van der Waals surface area contributed by atoms with Gasteiger partial charge in [-0.25, -0.2) is 14.3 Å². The molecule has 1 aliphatic heterocycles. The minimum atomic E-state index is -1.07. The molecule has 9 heteroatoms. The summed E-state index contributed by atoms with van der Waals surface area (Å²) in [4.78, 5) is 24.3. The topological polar surface area (TPSA) is 113 Å². The molecule has 0 unspecified atom stereocenters.